The van der Waals surface area contributed by atoms with Gasteiger partial charge in [0.1, 0.15) is 25.4 Å². The second kappa shape index (κ2) is 64.8. The van der Waals surface area contributed by atoms with E-state index in [0.717, 1.165) is 128 Å². The molecule has 5 unspecified atom stereocenters. The molecule has 0 fully saturated rings. The van der Waals surface area contributed by atoms with E-state index in [2.05, 4.69) is 106 Å². The third-order valence-corrected chi connectivity index (χ3v) is 16.5. The minimum absolute atomic E-state index is 0.107. The van der Waals surface area contributed by atoms with E-state index >= 15 is 0 Å². The van der Waals surface area contributed by atoms with Crippen LogP contribution in [0.1, 0.15) is 290 Å². The van der Waals surface area contributed by atoms with E-state index < -0.39 is 91.5 Å². The molecule has 0 aromatic carbocycles. The Balaban J connectivity index is 4.62. The molecule has 0 saturated heterocycles. The minimum Gasteiger partial charge on any atom is -0.463 e. The van der Waals surface area contributed by atoms with Crippen LogP contribution in [0.25, 0.3) is 0 Å². The first-order chi connectivity index (χ1) is 43.2. The van der Waals surface area contributed by atoms with Gasteiger partial charge in [-0.3, -0.25) is 32.5 Å². The molecular weight excluding hydrogens is 1170 g/mol. The van der Waals surface area contributed by atoms with Gasteiger partial charge in [0.05, 0.1) is 26.4 Å². The number of aliphatic hydroxyl groups is 2. The number of hydrogen-bond donors (Lipinski definition) is 4. The van der Waals surface area contributed by atoms with E-state index in [1.807, 2.05) is 0 Å². The smallest absolute Gasteiger partial charge is 0.463 e. The van der Waals surface area contributed by atoms with Crippen LogP contribution in [0.5, 0.6) is 0 Å². The predicted molar refractivity (Wildman–Crippen MR) is 362 cm³/mol. The van der Waals surface area contributed by atoms with Crippen LogP contribution in [-0.4, -0.2) is 95.9 Å². The average Bonchev–Trinajstić information content (AvgIpc) is 3.65. The van der Waals surface area contributed by atoms with Gasteiger partial charge in [-0.2, -0.15) is 0 Å². The largest absolute Gasteiger partial charge is 0.472 e. The summed E-state index contributed by atoms with van der Waals surface area (Å²) in [6.07, 6.45) is 69.1. The van der Waals surface area contributed by atoms with Gasteiger partial charge in [-0.25, -0.2) is 9.13 Å². The van der Waals surface area contributed by atoms with Crippen LogP contribution in [-0.2, 0) is 55.8 Å². The van der Waals surface area contributed by atoms with Crippen molar-refractivity contribution in [1.82, 2.24) is 0 Å². The molecule has 0 rings (SSSR count). The van der Waals surface area contributed by atoms with Crippen LogP contribution in [0.3, 0.4) is 0 Å². The van der Waals surface area contributed by atoms with Crippen molar-refractivity contribution in [2.75, 3.05) is 39.6 Å². The summed E-state index contributed by atoms with van der Waals surface area (Å²) in [7, 11) is -9.78. The van der Waals surface area contributed by atoms with E-state index in [4.69, 9.17) is 32.3 Å². The topological polar surface area (TPSA) is 231 Å². The third-order valence-electron chi connectivity index (χ3n) is 14.6. The second-order valence-corrected chi connectivity index (χ2v) is 26.2. The van der Waals surface area contributed by atoms with Crippen molar-refractivity contribution in [2.45, 2.75) is 309 Å². The summed E-state index contributed by atoms with van der Waals surface area (Å²) < 4.78 is 60.9. The van der Waals surface area contributed by atoms with Gasteiger partial charge in [0.15, 0.2) is 6.10 Å². The number of phosphoric ester groups is 2. The summed E-state index contributed by atoms with van der Waals surface area (Å²) in [5, 5.41) is 20.5. The first kappa shape index (κ1) is 85.7. The lowest BCUT2D eigenvalue weighted by Crippen LogP contribution is -2.30. The molecule has 0 aliphatic carbocycles. The fourth-order valence-corrected chi connectivity index (χ4v) is 10.9. The molecule has 0 saturated carbocycles. The van der Waals surface area contributed by atoms with E-state index in [0.29, 0.717) is 19.3 Å². The minimum atomic E-state index is -4.92. The van der Waals surface area contributed by atoms with Crippen molar-refractivity contribution >= 4 is 33.6 Å². The zero-order valence-corrected chi connectivity index (χ0v) is 57.6. The van der Waals surface area contributed by atoms with Gasteiger partial charge in [0.2, 0.25) is 0 Å². The van der Waals surface area contributed by atoms with Crippen molar-refractivity contribution in [3.8, 4) is 0 Å². The zero-order chi connectivity index (χ0) is 65.3. The van der Waals surface area contributed by atoms with Crippen molar-refractivity contribution in [1.29, 1.82) is 0 Å². The SMILES string of the molecule is CC/C=C\C/C=C\C/C=C\C/C=C\C/C=C\C/C=C\CCCCCCC(=O)OCC(O)COP(=O)(O)OCC(O)COP(=O)(O)OCC(COC(=O)CCCCCCC/C=C\CCCCCCCC)OC(=O)CCCCCCCCCCCCCCCCC. The Hall–Kier alpha value is -3.27. The van der Waals surface area contributed by atoms with Gasteiger partial charge in [0, 0.05) is 19.3 Å². The molecule has 0 amide bonds. The van der Waals surface area contributed by atoms with Gasteiger partial charge in [-0.1, -0.05) is 260 Å². The Labute approximate surface area is 540 Å². The first-order valence-electron chi connectivity index (χ1n) is 34.9. The number of ether oxygens (including phenoxy) is 3. The number of carbonyl (C=O) groups excluding carboxylic acids is 3. The Bertz CT molecular complexity index is 1970. The lowest BCUT2D eigenvalue weighted by Gasteiger charge is -2.21. The van der Waals surface area contributed by atoms with E-state index in [1.54, 1.807) is 0 Å². The molecule has 0 aliphatic rings. The maximum Gasteiger partial charge on any atom is 0.472 e. The molecule has 0 bridgehead atoms. The van der Waals surface area contributed by atoms with Crippen LogP contribution >= 0.6 is 15.6 Å². The Morgan fingerprint density at radius 3 is 0.955 bits per heavy atom. The number of unbranched alkanes of at least 4 members (excludes halogenated alkanes) is 29. The number of carbonyl (C=O) groups is 3. The van der Waals surface area contributed by atoms with Crippen LogP contribution in [0.4, 0.5) is 0 Å². The molecule has 516 valence electrons. The van der Waals surface area contributed by atoms with Gasteiger partial charge in [0.25, 0.3) is 0 Å². The van der Waals surface area contributed by atoms with Crippen LogP contribution in [0.2, 0.25) is 0 Å². The molecule has 0 spiro atoms. The number of hydrogen-bond acceptors (Lipinski definition) is 14. The lowest BCUT2D eigenvalue weighted by atomic mass is 10.0. The zero-order valence-electron chi connectivity index (χ0n) is 55.8. The number of esters is 3. The Morgan fingerprint density at radius 2 is 0.596 bits per heavy atom. The van der Waals surface area contributed by atoms with E-state index in [1.165, 1.54) is 103 Å². The molecule has 89 heavy (non-hydrogen) atoms. The van der Waals surface area contributed by atoms with Crippen molar-refractivity contribution in [2.24, 2.45) is 0 Å². The van der Waals surface area contributed by atoms with E-state index in [-0.39, 0.29) is 19.3 Å². The highest BCUT2D eigenvalue weighted by molar-refractivity contribution is 7.47. The standard InChI is InChI=1S/C71H126O16P2/c1-4-7-10-13-16-19-22-25-28-29-30-31-32-33-34-35-38-40-42-45-48-51-54-57-69(74)81-60-66(72)61-83-88(77,78)84-62-67(73)63-85-89(79,80)86-65-68(87-71(76)59-56-53-50-47-44-41-37-27-24-21-18-15-12-9-6-3)64-82-70(75)58-55-52-49-46-43-39-36-26-23-20-17-14-11-8-5-2/h7,10,16,19,25-26,28,30-31,33-34,36,38,40,66-68,72-73H,4-6,8-9,11-15,17-18,20-24,27,29,32,35,37,39,41-65H2,1-3H3,(H,77,78)(H,79,80)/b10-7-,19-16-,28-25-,31-30-,34-33-,36-26-,40-38-. The van der Waals surface area contributed by atoms with Gasteiger partial charge < -0.3 is 34.2 Å². The van der Waals surface area contributed by atoms with Gasteiger partial charge >= 0.3 is 33.6 Å². The van der Waals surface area contributed by atoms with Crippen LogP contribution < -0.4 is 0 Å². The van der Waals surface area contributed by atoms with E-state index in [9.17, 15) is 43.5 Å². The summed E-state index contributed by atoms with van der Waals surface area (Å²) >= 11 is 0. The molecule has 4 N–H and O–H groups in total. The number of aliphatic hydroxyl groups excluding tert-OH is 2. The van der Waals surface area contributed by atoms with Crippen LogP contribution in [0.15, 0.2) is 85.1 Å². The third kappa shape index (κ3) is 66.0. The van der Waals surface area contributed by atoms with Crippen molar-refractivity contribution < 1.29 is 75.8 Å². The molecule has 0 aliphatic heterocycles. The van der Waals surface area contributed by atoms with Crippen molar-refractivity contribution in [3.05, 3.63) is 85.1 Å². The number of allylic oxidation sites excluding steroid dienone is 14. The Morgan fingerprint density at radius 1 is 0.326 bits per heavy atom. The predicted octanol–water partition coefficient (Wildman–Crippen LogP) is 19.3. The average molecular weight is 1300 g/mol. The number of phosphoric acid groups is 2. The summed E-state index contributed by atoms with van der Waals surface area (Å²) in [4.78, 5) is 58.4. The first-order valence-corrected chi connectivity index (χ1v) is 37.9. The molecule has 0 aromatic rings. The van der Waals surface area contributed by atoms with Gasteiger partial charge in [-0.15, -0.1) is 0 Å². The molecule has 16 nitrogen and oxygen atoms in total. The quantitative estimate of drug-likeness (QED) is 0.0146. The fraction of sp³-hybridized carbons (Fsp3) is 0.761. The monoisotopic (exact) mass is 1300 g/mol. The maximum absolute atomic E-state index is 12.9. The maximum atomic E-state index is 12.9. The Kier molecular flexibility index (Phi) is 62.4. The lowest BCUT2D eigenvalue weighted by molar-refractivity contribution is -0.161. The highest BCUT2D eigenvalue weighted by Crippen LogP contribution is 2.45. The fourth-order valence-electron chi connectivity index (χ4n) is 9.27. The molecular formula is C71H126O16P2. The van der Waals surface area contributed by atoms with Gasteiger partial charge in [-0.05, 0) is 96.3 Å². The van der Waals surface area contributed by atoms with Crippen molar-refractivity contribution in [3.63, 3.8) is 0 Å². The molecule has 0 aromatic heterocycles. The summed E-state index contributed by atoms with van der Waals surface area (Å²) in [6, 6.07) is 0. The van der Waals surface area contributed by atoms with Crippen LogP contribution in [0, 0.1) is 0 Å². The molecule has 0 radical (unpaired) electrons. The highest BCUT2D eigenvalue weighted by Gasteiger charge is 2.29. The number of rotatable bonds is 66. The summed E-state index contributed by atoms with van der Waals surface area (Å²) in [5.74, 6) is -1.60. The summed E-state index contributed by atoms with van der Waals surface area (Å²) in [5.41, 5.74) is 0. The normalized spacial score (nSPS) is 14.7. The molecule has 0 heterocycles. The highest BCUT2D eigenvalue weighted by atomic mass is 31.2. The molecule has 18 heteroatoms. The second-order valence-electron chi connectivity index (χ2n) is 23.3. The molecule has 5 atom stereocenters. The summed E-state index contributed by atoms with van der Waals surface area (Å²) in [6.45, 7) is 2.54.